The Hall–Kier alpha value is -4.17. The molecule has 16 heteroatoms. The summed E-state index contributed by atoms with van der Waals surface area (Å²) < 4.78 is 44.5. The molecule has 2 aliphatic rings. The van der Waals surface area contributed by atoms with E-state index < -0.39 is 44.3 Å². The zero-order chi connectivity index (χ0) is 34.4. The van der Waals surface area contributed by atoms with Gasteiger partial charge in [0.2, 0.25) is 11.7 Å². The molecule has 6 atom stereocenters. The number of aromatic nitrogens is 4. The van der Waals surface area contributed by atoms with Gasteiger partial charge >= 0.3 is 14.1 Å². The molecule has 0 saturated carbocycles. The van der Waals surface area contributed by atoms with Crippen molar-refractivity contribution in [2.75, 3.05) is 36.9 Å². The van der Waals surface area contributed by atoms with Gasteiger partial charge in [0.25, 0.3) is 0 Å². The monoisotopic (exact) mass is 683 g/mol. The first-order valence-corrected chi connectivity index (χ1v) is 16.8. The summed E-state index contributed by atoms with van der Waals surface area (Å²) in [5.41, 5.74) is 4.54. The van der Waals surface area contributed by atoms with Gasteiger partial charge in [0, 0.05) is 18.5 Å². The Labute approximate surface area is 277 Å². The third kappa shape index (κ3) is 6.73. The Kier molecular flexibility index (Phi) is 9.16. The lowest BCUT2D eigenvalue weighted by Crippen LogP contribution is -2.42. The highest BCUT2D eigenvalue weighted by molar-refractivity contribution is 7.34. The van der Waals surface area contributed by atoms with Crippen molar-refractivity contribution in [1.29, 1.82) is 0 Å². The van der Waals surface area contributed by atoms with Crippen LogP contribution in [-0.2, 0) is 14.3 Å². The maximum Gasteiger partial charge on any atom is 0.395 e. The molecule has 3 unspecified atom stereocenters. The summed E-state index contributed by atoms with van der Waals surface area (Å²) in [6.45, 7) is 10.0. The largest absolute Gasteiger partial charge is 0.575 e. The van der Waals surface area contributed by atoms with E-state index in [1.54, 1.807) is 24.3 Å². The van der Waals surface area contributed by atoms with Crippen LogP contribution in [0.15, 0.2) is 47.5 Å². The number of hydrogen-bond donors (Lipinski definition) is 2. The maximum atomic E-state index is 15.9. The number of fused-ring (bicyclic) bond motifs is 2. The lowest BCUT2D eigenvalue weighted by Gasteiger charge is -2.32. The number of alkyl halides is 1. The number of nitrogens with two attached hydrogens (primary N) is 1. The molecule has 2 fully saturated rings. The molecule has 0 radical (unpaired) electrons. The number of imidazole rings is 1. The Morgan fingerprint density at radius 2 is 2.02 bits per heavy atom. The van der Waals surface area contributed by atoms with Gasteiger partial charge in [0.05, 0.1) is 12.9 Å². The van der Waals surface area contributed by atoms with Crippen LogP contribution >= 0.6 is 8.17 Å². The molecule has 6 rings (SSSR count). The summed E-state index contributed by atoms with van der Waals surface area (Å²) >= 11 is 0. The smallest absolute Gasteiger partial charge is 0.395 e. The number of ether oxygens (including phenoxy) is 3. The van der Waals surface area contributed by atoms with Gasteiger partial charge in [-0.1, -0.05) is 55.8 Å². The fourth-order valence-corrected chi connectivity index (χ4v) is 6.26. The molecule has 0 spiro atoms. The lowest BCUT2D eigenvalue weighted by atomic mass is 9.98. The van der Waals surface area contributed by atoms with Crippen molar-refractivity contribution >= 4 is 47.8 Å². The molecule has 0 bridgehead atoms. The van der Waals surface area contributed by atoms with E-state index in [1.807, 2.05) is 37.8 Å². The Bertz CT molecular complexity index is 1860. The number of rotatable bonds is 10. The Morgan fingerprint density at radius 1 is 1.27 bits per heavy atom. The van der Waals surface area contributed by atoms with Crippen molar-refractivity contribution in [3.63, 3.8) is 0 Å². The van der Waals surface area contributed by atoms with Crippen molar-refractivity contribution in [2.45, 2.75) is 71.2 Å². The van der Waals surface area contributed by atoms with E-state index in [0.717, 1.165) is 24.9 Å². The van der Waals surface area contributed by atoms with Gasteiger partial charge in [-0.25, -0.2) is 14.2 Å². The second-order valence-electron chi connectivity index (χ2n) is 13.4. The third-order valence-electron chi connectivity index (χ3n) is 8.19. The van der Waals surface area contributed by atoms with E-state index in [9.17, 15) is 14.8 Å². The van der Waals surface area contributed by atoms with Crippen LogP contribution in [0, 0.1) is 5.41 Å². The van der Waals surface area contributed by atoms with Gasteiger partial charge in [-0.15, -0.1) is 0 Å². The van der Waals surface area contributed by atoms with Crippen molar-refractivity contribution in [2.24, 2.45) is 10.2 Å². The number of nitrogen functional groups attached to an aromatic ring is 1. The van der Waals surface area contributed by atoms with Gasteiger partial charge in [0.15, 0.2) is 41.2 Å². The van der Waals surface area contributed by atoms with Crippen LogP contribution in [0.2, 0.25) is 0 Å². The SMILES string of the molecule is CC(N=[P+]([O-])Oc1c(OC[C@H]2OC(n3cnc4c(N5CCC5)nc(N)nc43)[C@](C)(O)[C@@H]2F)ccc2ccccc12)C(=O)OCC(C)(C)C. The number of aliphatic hydroxyl groups is 1. The number of carbonyl (C=O) groups excluding carboxylic acids is 1. The van der Waals surface area contributed by atoms with E-state index in [4.69, 9.17) is 24.5 Å². The molecule has 2 aliphatic heterocycles. The summed E-state index contributed by atoms with van der Waals surface area (Å²) in [5, 5.41) is 12.7. The van der Waals surface area contributed by atoms with Gasteiger partial charge < -0.3 is 34.8 Å². The molecule has 0 aliphatic carbocycles. The highest BCUT2D eigenvalue weighted by Crippen LogP contribution is 2.44. The maximum absolute atomic E-state index is 15.9. The van der Waals surface area contributed by atoms with Crippen LogP contribution in [0.25, 0.3) is 21.9 Å². The number of nitrogens with zero attached hydrogens (tertiary/aromatic N) is 6. The average Bonchev–Trinajstić information content (AvgIpc) is 3.51. The molecule has 4 aromatic rings. The Morgan fingerprint density at radius 3 is 2.73 bits per heavy atom. The summed E-state index contributed by atoms with van der Waals surface area (Å²) in [5.74, 6) is 0.197. The number of halogens is 1. The number of esters is 1. The minimum Gasteiger partial charge on any atom is -0.575 e. The van der Waals surface area contributed by atoms with Crippen LogP contribution in [0.1, 0.15) is 47.3 Å². The summed E-state index contributed by atoms with van der Waals surface area (Å²) in [4.78, 5) is 40.6. The van der Waals surface area contributed by atoms with Crippen LogP contribution in [0.4, 0.5) is 16.2 Å². The quantitative estimate of drug-likeness (QED) is 0.181. The highest BCUT2D eigenvalue weighted by Gasteiger charge is 2.55. The van der Waals surface area contributed by atoms with Crippen molar-refractivity contribution < 1.29 is 37.9 Å². The second kappa shape index (κ2) is 13.0. The van der Waals surface area contributed by atoms with Crippen LogP contribution < -0.4 is 24.8 Å². The predicted octanol–water partition coefficient (Wildman–Crippen LogP) is 4.05. The minimum absolute atomic E-state index is 0.0190. The van der Waals surface area contributed by atoms with Crippen molar-refractivity contribution in [3.05, 3.63) is 42.7 Å². The fraction of sp³-hybridized carbons (Fsp3) is 0.500. The van der Waals surface area contributed by atoms with Crippen LogP contribution in [0.3, 0.4) is 0 Å². The second-order valence-corrected chi connectivity index (χ2v) is 14.3. The van der Waals surface area contributed by atoms with Crippen molar-refractivity contribution in [3.8, 4) is 11.5 Å². The molecule has 14 nitrogen and oxygen atoms in total. The molecular formula is C32H39FN7O7P. The highest BCUT2D eigenvalue weighted by atomic mass is 31.1. The molecule has 256 valence electrons. The first-order valence-electron chi connectivity index (χ1n) is 15.7. The van der Waals surface area contributed by atoms with Crippen molar-refractivity contribution in [1.82, 2.24) is 19.5 Å². The first kappa shape index (κ1) is 33.7. The molecule has 4 heterocycles. The zero-order valence-corrected chi connectivity index (χ0v) is 28.3. The predicted molar refractivity (Wildman–Crippen MR) is 175 cm³/mol. The molecule has 48 heavy (non-hydrogen) atoms. The standard InChI is InChI=1S/C32H39FN7O7P/c1-18(28(41)45-16-31(2,3)4)38-48(43)47-24-20-10-7-6-9-19(20)11-12-21(24)44-15-22-25(33)32(5,42)29(46-22)40-17-35-23-26(39-13-8-14-39)36-30(34)37-27(23)40/h6-7,9-12,17-18,22,25,29,42H,8,13-16H2,1-5H3,(H2,34,36,37)/t18?,22-,25-,29?,32-/m1/s1. The molecule has 2 aromatic carbocycles. The zero-order valence-electron chi connectivity index (χ0n) is 27.4. The van der Waals surface area contributed by atoms with Gasteiger partial charge in [-0.2, -0.15) is 9.97 Å². The molecule has 0 amide bonds. The summed E-state index contributed by atoms with van der Waals surface area (Å²) in [6, 6.07) is 9.51. The third-order valence-corrected chi connectivity index (χ3v) is 9.06. The molecule has 3 N–H and O–H groups in total. The molecule has 2 aromatic heterocycles. The lowest BCUT2D eigenvalue weighted by molar-refractivity contribution is -0.169. The van der Waals surface area contributed by atoms with Gasteiger partial charge in [-0.05, 0) is 37.1 Å². The van der Waals surface area contributed by atoms with Gasteiger partial charge in [0.1, 0.15) is 18.3 Å². The molecule has 2 saturated heterocycles. The van der Waals surface area contributed by atoms with Crippen LogP contribution in [-0.4, -0.2) is 80.8 Å². The van der Waals surface area contributed by atoms with E-state index in [1.165, 1.54) is 24.7 Å². The Balaban J connectivity index is 1.22. The molecular weight excluding hydrogens is 644 g/mol. The van der Waals surface area contributed by atoms with E-state index >= 15 is 4.39 Å². The normalized spacial score (nSPS) is 23.7. The average molecular weight is 684 g/mol. The number of hydrogen-bond acceptors (Lipinski definition) is 13. The van der Waals surface area contributed by atoms with Gasteiger partial charge in [-0.3, -0.25) is 9.09 Å². The number of benzene rings is 2. The minimum atomic E-state index is -2.75. The summed E-state index contributed by atoms with van der Waals surface area (Å²) in [6.07, 6.45) is -1.90. The van der Waals surface area contributed by atoms with Crippen LogP contribution in [0.5, 0.6) is 11.5 Å². The number of anilines is 2. The van der Waals surface area contributed by atoms with E-state index in [-0.39, 0.29) is 36.1 Å². The van der Waals surface area contributed by atoms with E-state index in [0.29, 0.717) is 22.4 Å². The fourth-order valence-electron chi connectivity index (χ4n) is 5.50. The first-order chi connectivity index (χ1) is 22.7. The topological polar surface area (TPSA) is 182 Å². The number of carbonyl (C=O) groups is 1. The summed E-state index contributed by atoms with van der Waals surface area (Å²) in [7, 11) is -2.75. The van der Waals surface area contributed by atoms with E-state index in [2.05, 4.69) is 19.7 Å².